The van der Waals surface area contributed by atoms with Crippen molar-refractivity contribution in [2.24, 2.45) is 4.99 Å². The van der Waals surface area contributed by atoms with Crippen molar-refractivity contribution in [3.8, 4) is 12.5 Å². The van der Waals surface area contributed by atoms with Gasteiger partial charge in [-0.15, -0.1) is 0 Å². The van der Waals surface area contributed by atoms with E-state index < -0.39 is 0 Å². The van der Waals surface area contributed by atoms with E-state index in [-0.39, 0.29) is 10.8 Å². The van der Waals surface area contributed by atoms with E-state index in [9.17, 15) is 0 Å². The van der Waals surface area contributed by atoms with Crippen molar-refractivity contribution in [1.29, 1.82) is 0 Å². The second-order valence-corrected chi connectivity index (χ2v) is 13.2. The third-order valence-corrected chi connectivity index (χ3v) is 10.0. The highest BCUT2D eigenvalue weighted by Crippen LogP contribution is 2.51. The molecule has 2 nitrogen and oxygen atoms in total. The van der Waals surface area contributed by atoms with E-state index in [1.165, 1.54) is 32.7 Å². The zero-order chi connectivity index (χ0) is 29.9. The highest BCUT2D eigenvalue weighted by molar-refractivity contribution is 6.32. The highest BCUT2D eigenvalue weighted by Gasteiger charge is 2.41. The number of terminal acetylenes is 1. The van der Waals surface area contributed by atoms with Gasteiger partial charge in [-0.3, -0.25) is 9.89 Å². The van der Waals surface area contributed by atoms with E-state index in [2.05, 4.69) is 131 Å². The number of hydrogen-bond acceptors (Lipinski definition) is 2. The molecule has 0 atom stereocenters. The van der Waals surface area contributed by atoms with Crippen LogP contribution in [0.4, 0.5) is 11.4 Å². The topological polar surface area (TPSA) is 15.6 Å². The molecule has 0 unspecified atom stereocenters. The molecule has 3 aliphatic rings. The van der Waals surface area contributed by atoms with E-state index in [4.69, 9.17) is 23.0 Å². The van der Waals surface area contributed by atoms with Crippen molar-refractivity contribution in [2.75, 3.05) is 4.90 Å². The first-order chi connectivity index (χ1) is 20.7. The second-order valence-electron chi connectivity index (χ2n) is 12.8. The van der Waals surface area contributed by atoms with Crippen LogP contribution < -0.4 is 4.90 Å². The van der Waals surface area contributed by atoms with Crippen molar-refractivity contribution in [3.05, 3.63) is 130 Å². The molecule has 1 aliphatic carbocycles. The Kier molecular flexibility index (Phi) is 6.49. The molecule has 4 aromatic rings. The van der Waals surface area contributed by atoms with Gasteiger partial charge in [0.05, 0.1) is 17.1 Å². The normalized spacial score (nSPS) is 20.7. The van der Waals surface area contributed by atoms with Gasteiger partial charge >= 0.3 is 0 Å². The van der Waals surface area contributed by atoms with Crippen molar-refractivity contribution >= 4 is 50.2 Å². The van der Waals surface area contributed by atoms with Crippen LogP contribution >= 0.6 is 11.6 Å². The average Bonchev–Trinajstić information content (AvgIpc) is 3.40. The van der Waals surface area contributed by atoms with Gasteiger partial charge in [-0.2, -0.15) is 0 Å². The predicted octanol–water partition coefficient (Wildman–Crippen LogP) is 10.8. The van der Waals surface area contributed by atoms with Gasteiger partial charge in [-0.25, -0.2) is 0 Å². The maximum Gasteiger partial charge on any atom is 0.0681 e. The van der Waals surface area contributed by atoms with Gasteiger partial charge in [-0.05, 0) is 87.4 Å². The number of aliphatic imine (C=N–C) groups is 1. The van der Waals surface area contributed by atoms with Gasteiger partial charge < -0.3 is 0 Å². The fourth-order valence-corrected chi connectivity index (χ4v) is 7.60. The number of allylic oxidation sites excluding steroid dienone is 8. The van der Waals surface area contributed by atoms with Crippen molar-refractivity contribution in [3.63, 3.8) is 0 Å². The Morgan fingerprint density at radius 2 is 1.47 bits per heavy atom. The molecule has 0 saturated carbocycles. The first kappa shape index (κ1) is 27.5. The molecule has 4 aromatic carbocycles. The summed E-state index contributed by atoms with van der Waals surface area (Å²) in [5.41, 5.74) is 8.74. The summed E-state index contributed by atoms with van der Waals surface area (Å²) in [5, 5.41) is 5.84. The van der Waals surface area contributed by atoms with Gasteiger partial charge in [0.1, 0.15) is 0 Å². The molecule has 7 rings (SSSR count). The van der Waals surface area contributed by atoms with E-state index >= 15 is 0 Å². The van der Waals surface area contributed by atoms with Crippen LogP contribution in [0.2, 0.25) is 0 Å². The lowest BCUT2D eigenvalue weighted by molar-refractivity contribution is 0.649. The molecule has 212 valence electrons. The smallest absolute Gasteiger partial charge is 0.0681 e. The van der Waals surface area contributed by atoms with Gasteiger partial charge in [0.25, 0.3) is 0 Å². The molecule has 0 fully saturated rings. The second kappa shape index (κ2) is 10.1. The molecular formula is C40H35ClN2. The van der Waals surface area contributed by atoms with Gasteiger partial charge in [0.2, 0.25) is 0 Å². The van der Waals surface area contributed by atoms with Crippen LogP contribution in [0.5, 0.6) is 0 Å². The Balaban J connectivity index is 1.22. The lowest BCUT2D eigenvalue weighted by Crippen LogP contribution is -2.24. The Labute approximate surface area is 259 Å². The number of rotatable bonds is 3. The van der Waals surface area contributed by atoms with Gasteiger partial charge in [0.15, 0.2) is 0 Å². The predicted molar refractivity (Wildman–Crippen MR) is 184 cm³/mol. The summed E-state index contributed by atoms with van der Waals surface area (Å²) in [6.07, 6.45) is 17.8. The van der Waals surface area contributed by atoms with Crippen LogP contribution in [-0.2, 0) is 10.8 Å². The molecule has 0 radical (unpaired) electrons. The van der Waals surface area contributed by atoms with Crippen molar-refractivity contribution in [2.45, 2.75) is 57.8 Å². The van der Waals surface area contributed by atoms with E-state index in [0.29, 0.717) is 0 Å². The maximum absolute atomic E-state index is 7.10. The van der Waals surface area contributed by atoms with Crippen molar-refractivity contribution in [1.82, 2.24) is 0 Å². The molecule has 0 N–H and O–H groups in total. The van der Waals surface area contributed by atoms with Crippen molar-refractivity contribution < 1.29 is 0 Å². The third-order valence-electron chi connectivity index (χ3n) is 9.54. The minimum atomic E-state index is -0.251. The maximum atomic E-state index is 7.10. The molecule has 3 heteroatoms. The largest absolute Gasteiger partial charge is 0.273 e. The van der Waals surface area contributed by atoms with Crippen LogP contribution in [0.15, 0.2) is 124 Å². The number of halogens is 1. The zero-order valence-electron chi connectivity index (χ0n) is 25.2. The lowest BCUT2D eigenvalue weighted by atomic mass is 9.79. The average molecular weight is 579 g/mol. The summed E-state index contributed by atoms with van der Waals surface area (Å²) in [6, 6.07) is 28.7. The first-order valence-corrected chi connectivity index (χ1v) is 15.5. The molecule has 2 heterocycles. The van der Waals surface area contributed by atoms with E-state index in [1.54, 1.807) is 0 Å². The summed E-state index contributed by atoms with van der Waals surface area (Å²) in [7, 11) is 0. The van der Waals surface area contributed by atoms with Crippen LogP contribution in [0.25, 0.3) is 21.5 Å². The van der Waals surface area contributed by atoms with Gasteiger partial charge in [-0.1, -0.05) is 119 Å². The fourth-order valence-electron chi connectivity index (χ4n) is 7.28. The lowest BCUT2D eigenvalue weighted by Gasteiger charge is -2.24. The summed E-state index contributed by atoms with van der Waals surface area (Å²) < 4.78 is 0. The molecule has 0 amide bonds. The quantitative estimate of drug-likeness (QED) is 0.221. The molecule has 2 aliphatic heterocycles. The van der Waals surface area contributed by atoms with Crippen LogP contribution in [0.1, 0.15) is 58.1 Å². The molecule has 0 spiro atoms. The molecule has 0 saturated heterocycles. The Bertz CT molecular complexity index is 2020. The summed E-state index contributed by atoms with van der Waals surface area (Å²) >= 11 is 7.10. The minimum Gasteiger partial charge on any atom is -0.273 e. The zero-order valence-corrected chi connectivity index (χ0v) is 26.0. The van der Waals surface area contributed by atoms with Crippen LogP contribution in [0.3, 0.4) is 0 Å². The number of fused-ring (bicyclic) bond motifs is 6. The van der Waals surface area contributed by atoms with E-state index in [0.717, 1.165) is 58.2 Å². The van der Waals surface area contributed by atoms with Crippen LogP contribution in [0, 0.1) is 12.5 Å². The Hall–Kier alpha value is -4.32. The number of hydrogen-bond donors (Lipinski definition) is 0. The summed E-state index contributed by atoms with van der Waals surface area (Å²) in [6.45, 7) is 9.06. The summed E-state index contributed by atoms with van der Waals surface area (Å²) in [4.78, 5) is 7.06. The molecule has 43 heavy (non-hydrogen) atoms. The summed E-state index contributed by atoms with van der Waals surface area (Å²) in [5.74, 6) is 0. The molecule has 0 aromatic heterocycles. The van der Waals surface area contributed by atoms with Gasteiger partial charge in [0, 0.05) is 27.6 Å². The fraction of sp³-hybridized carbons (Fsp3) is 0.225. The first-order valence-electron chi connectivity index (χ1n) is 15.1. The minimum absolute atomic E-state index is 0.191. The van der Waals surface area contributed by atoms with Crippen LogP contribution in [-0.4, -0.2) is 5.71 Å². The standard InChI is InChI=1S/C40H35ClN2/c1-6-43-33-23-19-27-13-8-10-17-31(27)37(33)40(4,5)35(43)25-21-29-15-11-14-28(38(29)41)20-24-34-39(2,3)36-30-16-9-7-12-26(30)18-22-32(36)42-34/h1,7-10,12-13,16-25H,11,14-15H2,2-5H3. The van der Waals surface area contributed by atoms with E-state index in [1.807, 2.05) is 4.90 Å². The monoisotopic (exact) mass is 578 g/mol. The number of nitrogens with zero attached hydrogens (tertiary/aromatic N) is 2. The SMILES string of the molecule is C#CN1C(=CC=C2CCCC(C=CC3=Nc4ccc5ccccc5c4C3(C)C)=C2Cl)C(C)(C)c2c1ccc1ccccc21. The Morgan fingerprint density at radius 1 is 0.791 bits per heavy atom. The highest BCUT2D eigenvalue weighted by atomic mass is 35.5. The Morgan fingerprint density at radius 3 is 2.19 bits per heavy atom. The number of anilines is 1. The number of benzene rings is 4. The third kappa shape index (κ3) is 4.30. The molecule has 0 bridgehead atoms. The molecular weight excluding hydrogens is 544 g/mol.